The number of benzene rings is 1. The molecule has 0 aliphatic heterocycles. The average molecular weight is 250 g/mol. The van der Waals surface area contributed by atoms with E-state index in [1.165, 1.54) is 6.33 Å². The van der Waals surface area contributed by atoms with Gasteiger partial charge in [0, 0.05) is 17.1 Å². The Labute approximate surface area is 104 Å². The SMILES string of the molecule is COc1ncnc(-c2cccc(Cl)c2)c1CN. The van der Waals surface area contributed by atoms with E-state index in [9.17, 15) is 0 Å². The second-order valence-corrected chi connectivity index (χ2v) is 3.86. The summed E-state index contributed by atoms with van der Waals surface area (Å²) in [6.45, 7) is 0.311. The van der Waals surface area contributed by atoms with Gasteiger partial charge in [0.1, 0.15) is 6.33 Å². The Morgan fingerprint density at radius 1 is 1.35 bits per heavy atom. The molecule has 0 saturated carbocycles. The van der Waals surface area contributed by atoms with Gasteiger partial charge >= 0.3 is 0 Å². The summed E-state index contributed by atoms with van der Waals surface area (Å²) in [4.78, 5) is 8.27. The van der Waals surface area contributed by atoms with Crippen LogP contribution in [0.1, 0.15) is 5.56 Å². The first-order valence-corrected chi connectivity index (χ1v) is 5.48. The highest BCUT2D eigenvalue weighted by molar-refractivity contribution is 6.30. The lowest BCUT2D eigenvalue weighted by molar-refractivity contribution is 0.392. The Hall–Kier alpha value is -1.65. The predicted octanol–water partition coefficient (Wildman–Crippen LogP) is 2.26. The van der Waals surface area contributed by atoms with Gasteiger partial charge in [-0.25, -0.2) is 9.97 Å². The molecule has 1 aromatic carbocycles. The molecule has 17 heavy (non-hydrogen) atoms. The molecule has 0 spiro atoms. The van der Waals surface area contributed by atoms with E-state index in [0.717, 1.165) is 16.8 Å². The maximum absolute atomic E-state index is 5.96. The number of halogens is 1. The van der Waals surface area contributed by atoms with Crippen molar-refractivity contribution in [1.29, 1.82) is 0 Å². The minimum atomic E-state index is 0.311. The zero-order valence-corrected chi connectivity index (χ0v) is 10.1. The summed E-state index contributed by atoms with van der Waals surface area (Å²) >= 11 is 5.96. The normalized spacial score (nSPS) is 10.3. The number of aromatic nitrogens is 2. The van der Waals surface area contributed by atoms with Crippen molar-refractivity contribution in [3.05, 3.63) is 41.2 Å². The molecular formula is C12H12ClN3O. The second kappa shape index (κ2) is 5.12. The number of nitrogens with zero attached hydrogens (tertiary/aromatic N) is 2. The lowest BCUT2D eigenvalue weighted by Crippen LogP contribution is -2.05. The minimum Gasteiger partial charge on any atom is -0.481 e. The Kier molecular flexibility index (Phi) is 3.56. The van der Waals surface area contributed by atoms with Crippen molar-refractivity contribution < 1.29 is 4.74 Å². The number of hydrogen-bond acceptors (Lipinski definition) is 4. The summed E-state index contributed by atoms with van der Waals surface area (Å²) in [7, 11) is 1.56. The molecule has 0 amide bonds. The summed E-state index contributed by atoms with van der Waals surface area (Å²) in [6.07, 6.45) is 1.45. The Morgan fingerprint density at radius 2 is 2.18 bits per heavy atom. The Bertz CT molecular complexity index is 531. The third kappa shape index (κ3) is 2.38. The minimum absolute atomic E-state index is 0.311. The van der Waals surface area contributed by atoms with E-state index in [4.69, 9.17) is 22.1 Å². The quantitative estimate of drug-likeness (QED) is 0.907. The number of rotatable bonds is 3. The summed E-state index contributed by atoms with van der Waals surface area (Å²) in [5.74, 6) is 0.498. The van der Waals surface area contributed by atoms with Crippen molar-refractivity contribution in [3.8, 4) is 17.1 Å². The largest absolute Gasteiger partial charge is 0.481 e. The maximum Gasteiger partial charge on any atom is 0.221 e. The van der Waals surface area contributed by atoms with Crippen LogP contribution in [0.25, 0.3) is 11.3 Å². The van der Waals surface area contributed by atoms with Gasteiger partial charge in [-0.2, -0.15) is 0 Å². The number of nitrogens with two attached hydrogens (primary N) is 1. The van der Waals surface area contributed by atoms with Crippen LogP contribution < -0.4 is 10.5 Å². The molecule has 5 heteroatoms. The fourth-order valence-corrected chi connectivity index (χ4v) is 1.83. The van der Waals surface area contributed by atoms with Gasteiger partial charge in [-0.05, 0) is 12.1 Å². The average Bonchev–Trinajstić information content (AvgIpc) is 2.37. The van der Waals surface area contributed by atoms with Crippen molar-refractivity contribution in [1.82, 2.24) is 9.97 Å². The number of hydrogen-bond donors (Lipinski definition) is 1. The summed E-state index contributed by atoms with van der Waals surface area (Å²) in [6, 6.07) is 7.44. The number of methoxy groups -OCH3 is 1. The van der Waals surface area contributed by atoms with E-state index in [2.05, 4.69) is 9.97 Å². The monoisotopic (exact) mass is 249 g/mol. The van der Waals surface area contributed by atoms with Crippen molar-refractivity contribution >= 4 is 11.6 Å². The number of ether oxygens (including phenoxy) is 1. The van der Waals surface area contributed by atoms with Crippen LogP contribution in [0.15, 0.2) is 30.6 Å². The van der Waals surface area contributed by atoms with E-state index >= 15 is 0 Å². The fraction of sp³-hybridized carbons (Fsp3) is 0.167. The van der Waals surface area contributed by atoms with Gasteiger partial charge in [-0.1, -0.05) is 23.7 Å². The molecule has 0 saturated heterocycles. The van der Waals surface area contributed by atoms with Crippen LogP contribution in [0.4, 0.5) is 0 Å². The summed E-state index contributed by atoms with van der Waals surface area (Å²) < 4.78 is 5.16. The van der Waals surface area contributed by atoms with Crippen LogP contribution in [-0.2, 0) is 6.54 Å². The van der Waals surface area contributed by atoms with E-state index < -0.39 is 0 Å². The lowest BCUT2D eigenvalue weighted by Gasteiger charge is -2.10. The van der Waals surface area contributed by atoms with Crippen LogP contribution in [0.5, 0.6) is 5.88 Å². The van der Waals surface area contributed by atoms with Crippen molar-refractivity contribution in [3.63, 3.8) is 0 Å². The molecule has 0 bridgehead atoms. The molecule has 2 aromatic rings. The van der Waals surface area contributed by atoms with E-state index in [1.807, 2.05) is 24.3 Å². The molecular weight excluding hydrogens is 238 g/mol. The molecule has 0 aliphatic carbocycles. The van der Waals surface area contributed by atoms with Gasteiger partial charge in [0.2, 0.25) is 5.88 Å². The van der Waals surface area contributed by atoms with Crippen LogP contribution in [0.2, 0.25) is 5.02 Å². The van der Waals surface area contributed by atoms with E-state index in [1.54, 1.807) is 7.11 Å². The molecule has 2 rings (SSSR count). The van der Waals surface area contributed by atoms with Gasteiger partial charge in [-0.15, -0.1) is 0 Å². The van der Waals surface area contributed by atoms with Crippen LogP contribution >= 0.6 is 11.6 Å². The van der Waals surface area contributed by atoms with E-state index in [0.29, 0.717) is 17.4 Å². The van der Waals surface area contributed by atoms with Gasteiger partial charge in [0.25, 0.3) is 0 Å². The van der Waals surface area contributed by atoms with Gasteiger partial charge in [0.05, 0.1) is 18.4 Å². The lowest BCUT2D eigenvalue weighted by atomic mass is 10.1. The standard InChI is InChI=1S/C12H12ClN3O/c1-17-12-10(6-14)11(15-7-16-12)8-3-2-4-9(13)5-8/h2-5,7H,6,14H2,1H3. The first-order chi connectivity index (χ1) is 8.26. The molecule has 88 valence electrons. The highest BCUT2D eigenvalue weighted by atomic mass is 35.5. The third-order valence-corrected chi connectivity index (χ3v) is 2.64. The third-order valence-electron chi connectivity index (χ3n) is 2.40. The van der Waals surface area contributed by atoms with Crippen LogP contribution in [0, 0.1) is 0 Å². The highest BCUT2D eigenvalue weighted by Crippen LogP contribution is 2.27. The molecule has 0 unspecified atom stereocenters. The Balaban J connectivity index is 2.59. The summed E-state index contributed by atoms with van der Waals surface area (Å²) in [5.41, 5.74) is 8.14. The second-order valence-electron chi connectivity index (χ2n) is 3.42. The smallest absolute Gasteiger partial charge is 0.221 e. The first kappa shape index (κ1) is 11.8. The molecule has 1 aromatic heterocycles. The molecule has 0 atom stereocenters. The molecule has 1 heterocycles. The van der Waals surface area contributed by atoms with Gasteiger partial charge < -0.3 is 10.5 Å². The maximum atomic E-state index is 5.96. The zero-order chi connectivity index (χ0) is 12.3. The molecule has 0 fully saturated rings. The van der Waals surface area contributed by atoms with Gasteiger partial charge in [0.15, 0.2) is 0 Å². The molecule has 0 aliphatic rings. The van der Waals surface area contributed by atoms with E-state index in [-0.39, 0.29) is 0 Å². The topological polar surface area (TPSA) is 61.0 Å². The zero-order valence-electron chi connectivity index (χ0n) is 9.35. The van der Waals surface area contributed by atoms with Gasteiger partial charge in [-0.3, -0.25) is 0 Å². The molecule has 4 nitrogen and oxygen atoms in total. The first-order valence-electron chi connectivity index (χ1n) is 5.10. The molecule has 2 N–H and O–H groups in total. The predicted molar refractivity (Wildman–Crippen MR) is 66.9 cm³/mol. The summed E-state index contributed by atoms with van der Waals surface area (Å²) in [5, 5.41) is 0.656. The Morgan fingerprint density at radius 3 is 2.82 bits per heavy atom. The van der Waals surface area contributed by atoms with Crippen molar-refractivity contribution in [2.45, 2.75) is 6.54 Å². The molecule has 0 radical (unpaired) electrons. The van der Waals surface area contributed by atoms with Crippen molar-refractivity contribution in [2.24, 2.45) is 5.73 Å². The van der Waals surface area contributed by atoms with Crippen LogP contribution in [0.3, 0.4) is 0 Å². The fourth-order valence-electron chi connectivity index (χ4n) is 1.64. The van der Waals surface area contributed by atoms with Crippen LogP contribution in [-0.4, -0.2) is 17.1 Å². The highest BCUT2D eigenvalue weighted by Gasteiger charge is 2.12. The van der Waals surface area contributed by atoms with Crippen molar-refractivity contribution in [2.75, 3.05) is 7.11 Å².